The normalized spacial score (nSPS) is 14.5. The first kappa shape index (κ1) is 25.7. The van der Waals surface area contributed by atoms with Gasteiger partial charge < -0.3 is 14.9 Å². The Hall–Kier alpha value is -5.23. The van der Waals surface area contributed by atoms with E-state index in [1.54, 1.807) is 24.3 Å². The topological polar surface area (TPSA) is 92.4 Å². The molecule has 0 spiro atoms. The lowest BCUT2D eigenvalue weighted by Gasteiger charge is -2.18. The smallest absolute Gasteiger partial charge is 0.335 e. The highest BCUT2D eigenvalue weighted by Crippen LogP contribution is 2.55. The van der Waals surface area contributed by atoms with Crippen LogP contribution in [0.15, 0.2) is 114 Å². The number of benzene rings is 5. The third kappa shape index (κ3) is 4.41. The van der Waals surface area contributed by atoms with Crippen LogP contribution in [0.5, 0.6) is 0 Å². The van der Waals surface area contributed by atoms with Crippen molar-refractivity contribution in [3.05, 3.63) is 137 Å². The van der Waals surface area contributed by atoms with Gasteiger partial charge in [0, 0.05) is 5.41 Å². The van der Waals surface area contributed by atoms with E-state index in [1.165, 1.54) is 16.3 Å². The number of carboxylic acid groups (broad SMARTS) is 1. The highest BCUT2D eigenvalue weighted by Gasteiger charge is 2.50. The van der Waals surface area contributed by atoms with Gasteiger partial charge in [-0.3, -0.25) is 4.79 Å². The second-order valence-corrected chi connectivity index (χ2v) is 11.1. The third-order valence-corrected chi connectivity index (χ3v) is 8.44. The number of nitrogens with zero attached hydrogens (tertiary/aromatic N) is 1. The zero-order valence-corrected chi connectivity index (χ0v) is 23.0. The van der Waals surface area contributed by atoms with Gasteiger partial charge in [-0.2, -0.15) is 0 Å². The molecule has 7 rings (SSSR count). The molecular weight excluding hydrogens is 524 g/mol. The lowest BCUT2D eigenvalue weighted by Crippen LogP contribution is -2.27. The number of aromatic carboxylic acids is 1. The van der Waals surface area contributed by atoms with Gasteiger partial charge in [0.2, 0.25) is 0 Å². The standard InChI is InChI=1S/C36H28N2O4/c1-22(23-11-13-26(14-12-23)35(40)41)37-34(39)30-20-28(24-7-3-2-4-8-24)21-31-32(30)33(38-42-31)36(17-18-36)29-16-15-25-9-5-6-10-27(25)19-29/h2-16,19-22H,17-18H2,1H3,(H,37,39)(H,40,41)/t22-/m0/s1. The van der Waals surface area contributed by atoms with Gasteiger partial charge in [0.25, 0.3) is 5.91 Å². The number of carboxylic acids is 1. The minimum Gasteiger partial charge on any atom is -0.478 e. The van der Waals surface area contributed by atoms with E-state index in [4.69, 9.17) is 4.52 Å². The molecule has 0 saturated heterocycles. The van der Waals surface area contributed by atoms with Crippen molar-refractivity contribution < 1.29 is 19.2 Å². The predicted octanol–water partition coefficient (Wildman–Crippen LogP) is 7.92. The number of rotatable bonds is 7. The summed E-state index contributed by atoms with van der Waals surface area (Å²) in [6, 6.07) is 34.8. The van der Waals surface area contributed by atoms with Crippen molar-refractivity contribution >= 4 is 33.6 Å². The maximum atomic E-state index is 14.0. The highest BCUT2D eigenvalue weighted by atomic mass is 16.5. The summed E-state index contributed by atoms with van der Waals surface area (Å²) >= 11 is 0. The maximum Gasteiger partial charge on any atom is 0.335 e. The number of amides is 1. The van der Waals surface area contributed by atoms with Crippen LogP contribution in [-0.2, 0) is 5.41 Å². The van der Waals surface area contributed by atoms with E-state index in [-0.39, 0.29) is 22.9 Å². The average Bonchev–Trinajstić information content (AvgIpc) is 3.72. The number of aromatic nitrogens is 1. The molecule has 206 valence electrons. The van der Waals surface area contributed by atoms with Gasteiger partial charge in [-0.1, -0.05) is 90.1 Å². The summed E-state index contributed by atoms with van der Waals surface area (Å²) in [5.74, 6) is -1.23. The van der Waals surface area contributed by atoms with E-state index in [0.717, 1.165) is 40.6 Å². The molecule has 1 amide bonds. The van der Waals surface area contributed by atoms with Crippen LogP contribution >= 0.6 is 0 Å². The van der Waals surface area contributed by atoms with Crippen LogP contribution in [0, 0.1) is 0 Å². The minimum absolute atomic E-state index is 0.201. The van der Waals surface area contributed by atoms with Crippen molar-refractivity contribution in [2.45, 2.75) is 31.2 Å². The molecule has 1 aliphatic carbocycles. The molecule has 1 saturated carbocycles. The second-order valence-electron chi connectivity index (χ2n) is 11.1. The maximum absolute atomic E-state index is 14.0. The van der Waals surface area contributed by atoms with Gasteiger partial charge in [-0.05, 0) is 77.1 Å². The highest BCUT2D eigenvalue weighted by molar-refractivity contribution is 6.09. The molecule has 0 radical (unpaired) electrons. The Morgan fingerprint density at radius 1 is 0.833 bits per heavy atom. The van der Waals surface area contributed by atoms with Crippen molar-refractivity contribution in [3.8, 4) is 11.1 Å². The van der Waals surface area contributed by atoms with Gasteiger partial charge in [-0.25, -0.2) is 4.79 Å². The molecule has 6 aromatic rings. The summed E-state index contributed by atoms with van der Waals surface area (Å²) in [4.78, 5) is 25.3. The Morgan fingerprint density at radius 2 is 1.55 bits per heavy atom. The number of nitrogens with one attached hydrogen (secondary N) is 1. The first-order chi connectivity index (χ1) is 20.4. The van der Waals surface area contributed by atoms with Crippen LogP contribution in [0.3, 0.4) is 0 Å². The molecule has 1 heterocycles. The summed E-state index contributed by atoms with van der Waals surface area (Å²) in [5, 5.41) is 20.1. The number of hydrogen-bond donors (Lipinski definition) is 2. The molecule has 0 unspecified atom stereocenters. The van der Waals surface area contributed by atoms with Crippen molar-refractivity contribution in [1.82, 2.24) is 10.5 Å². The molecular formula is C36H28N2O4. The molecule has 6 heteroatoms. The Bertz CT molecular complexity index is 1970. The Kier molecular flexibility index (Phi) is 6.12. The molecule has 6 nitrogen and oxygen atoms in total. The average molecular weight is 553 g/mol. The van der Waals surface area contributed by atoms with Crippen molar-refractivity contribution in [3.63, 3.8) is 0 Å². The van der Waals surface area contributed by atoms with E-state index in [9.17, 15) is 14.7 Å². The van der Waals surface area contributed by atoms with Crippen molar-refractivity contribution in [2.24, 2.45) is 0 Å². The zero-order chi connectivity index (χ0) is 28.8. The predicted molar refractivity (Wildman–Crippen MR) is 163 cm³/mol. The van der Waals surface area contributed by atoms with Crippen LogP contribution in [0.1, 0.15) is 63.3 Å². The van der Waals surface area contributed by atoms with Gasteiger partial charge >= 0.3 is 5.97 Å². The van der Waals surface area contributed by atoms with Gasteiger partial charge in [0.15, 0.2) is 5.58 Å². The first-order valence-corrected chi connectivity index (χ1v) is 14.1. The fraction of sp³-hybridized carbons (Fsp3) is 0.139. The second kappa shape index (κ2) is 10.00. The molecule has 1 aromatic heterocycles. The van der Waals surface area contributed by atoms with Crippen molar-refractivity contribution in [1.29, 1.82) is 0 Å². The third-order valence-electron chi connectivity index (χ3n) is 8.44. The van der Waals surface area contributed by atoms with Crippen LogP contribution in [0.25, 0.3) is 32.9 Å². The lowest BCUT2D eigenvalue weighted by molar-refractivity contribution is 0.0696. The summed E-state index contributed by atoms with van der Waals surface area (Å²) in [5.41, 5.74) is 5.56. The molecule has 5 aromatic carbocycles. The summed E-state index contributed by atoms with van der Waals surface area (Å²) in [6.45, 7) is 1.89. The Balaban J connectivity index is 1.33. The van der Waals surface area contributed by atoms with Crippen LogP contribution < -0.4 is 5.32 Å². The first-order valence-electron chi connectivity index (χ1n) is 14.1. The molecule has 42 heavy (non-hydrogen) atoms. The summed E-state index contributed by atoms with van der Waals surface area (Å²) < 4.78 is 5.98. The summed E-state index contributed by atoms with van der Waals surface area (Å²) in [6.07, 6.45) is 1.83. The van der Waals surface area contributed by atoms with Crippen LogP contribution in [-0.4, -0.2) is 22.1 Å². The molecule has 0 bridgehead atoms. The number of hydrogen-bond acceptors (Lipinski definition) is 4. The Morgan fingerprint density at radius 3 is 2.26 bits per heavy atom. The Labute approximate surface area is 242 Å². The zero-order valence-electron chi connectivity index (χ0n) is 23.0. The summed E-state index contributed by atoms with van der Waals surface area (Å²) in [7, 11) is 0. The van der Waals surface area contributed by atoms with Gasteiger partial charge in [0.1, 0.15) is 5.69 Å². The number of fused-ring (bicyclic) bond motifs is 2. The monoisotopic (exact) mass is 552 g/mol. The molecule has 2 N–H and O–H groups in total. The molecule has 1 aliphatic rings. The van der Waals surface area contributed by atoms with Crippen LogP contribution in [0.2, 0.25) is 0 Å². The van der Waals surface area contributed by atoms with E-state index in [1.807, 2.05) is 61.5 Å². The van der Waals surface area contributed by atoms with E-state index >= 15 is 0 Å². The van der Waals surface area contributed by atoms with E-state index in [2.05, 4.69) is 40.8 Å². The quantitative estimate of drug-likeness (QED) is 0.210. The molecule has 1 atom stereocenters. The SMILES string of the molecule is C[C@H](NC(=O)c1cc(-c2ccccc2)cc2onc(C3(c4ccc5ccccc5c4)CC3)c12)c1ccc(C(=O)O)cc1. The molecule has 1 fully saturated rings. The van der Waals surface area contributed by atoms with Crippen LogP contribution in [0.4, 0.5) is 0 Å². The number of carbonyl (C=O) groups is 2. The minimum atomic E-state index is -0.987. The van der Waals surface area contributed by atoms with E-state index in [0.29, 0.717) is 11.1 Å². The number of carbonyl (C=O) groups excluding carboxylic acids is 1. The van der Waals surface area contributed by atoms with Crippen molar-refractivity contribution in [2.75, 3.05) is 0 Å². The van der Waals surface area contributed by atoms with Gasteiger partial charge in [-0.15, -0.1) is 0 Å². The van der Waals surface area contributed by atoms with Gasteiger partial charge in [0.05, 0.1) is 22.6 Å². The van der Waals surface area contributed by atoms with E-state index < -0.39 is 5.97 Å². The largest absolute Gasteiger partial charge is 0.478 e. The molecule has 0 aliphatic heterocycles. The fourth-order valence-electron chi connectivity index (χ4n) is 5.92. The lowest BCUT2D eigenvalue weighted by atomic mass is 9.87. The fourth-order valence-corrected chi connectivity index (χ4v) is 5.92.